The van der Waals surface area contributed by atoms with Crippen molar-refractivity contribution in [2.24, 2.45) is 0 Å². The predicted octanol–water partition coefficient (Wildman–Crippen LogP) is 2.94. The Balaban J connectivity index is 1.64. The first-order valence-corrected chi connectivity index (χ1v) is 10.3. The van der Waals surface area contributed by atoms with Crippen LogP contribution >= 0.6 is 11.6 Å². The van der Waals surface area contributed by atoms with Gasteiger partial charge in [0.15, 0.2) is 0 Å². The molecule has 2 aliphatic rings. The van der Waals surface area contributed by atoms with E-state index in [4.69, 9.17) is 11.6 Å². The molecule has 1 aromatic carbocycles. The van der Waals surface area contributed by atoms with Gasteiger partial charge in [-0.15, -0.1) is 0 Å². The van der Waals surface area contributed by atoms with Gasteiger partial charge in [-0.05, 0) is 43.5 Å². The Hall–Kier alpha value is -0.960. The molecule has 0 aliphatic carbocycles. The molecule has 0 radical (unpaired) electrons. The highest BCUT2D eigenvalue weighted by Gasteiger charge is 2.36. The summed E-state index contributed by atoms with van der Waals surface area (Å²) in [7, 11) is -3.11. The average Bonchev–Trinajstić information content (AvgIpc) is 2.89. The number of alkyl halides is 2. The zero-order valence-electron chi connectivity index (χ0n) is 13.7. The minimum absolute atomic E-state index is 0.0122. The van der Waals surface area contributed by atoms with Crippen LogP contribution in [0.2, 0.25) is 5.02 Å². The summed E-state index contributed by atoms with van der Waals surface area (Å²) in [6.07, 6.45) is 2.49. The summed E-state index contributed by atoms with van der Waals surface area (Å²) < 4.78 is 54.8. The highest BCUT2D eigenvalue weighted by atomic mass is 35.5. The van der Waals surface area contributed by atoms with Gasteiger partial charge in [0.2, 0.25) is 10.0 Å². The lowest BCUT2D eigenvalue weighted by molar-refractivity contribution is -0.0498. The lowest BCUT2D eigenvalue weighted by Crippen LogP contribution is -2.48. The van der Waals surface area contributed by atoms with Crippen LogP contribution in [-0.4, -0.2) is 55.7 Å². The molecule has 3 rings (SSSR count). The van der Waals surface area contributed by atoms with E-state index in [0.717, 1.165) is 24.9 Å². The molecule has 25 heavy (non-hydrogen) atoms. The molecule has 2 heterocycles. The molecule has 0 N–H and O–H groups in total. The van der Waals surface area contributed by atoms with Crippen LogP contribution in [0.1, 0.15) is 24.8 Å². The Morgan fingerprint density at radius 2 is 2.08 bits per heavy atom. The summed E-state index contributed by atoms with van der Waals surface area (Å²) >= 11 is 6.00. The highest BCUT2D eigenvalue weighted by Crippen LogP contribution is 2.29. The number of benzene rings is 1. The van der Waals surface area contributed by atoms with E-state index in [1.807, 2.05) is 0 Å². The van der Waals surface area contributed by atoms with Gasteiger partial charge in [0.1, 0.15) is 5.75 Å². The van der Waals surface area contributed by atoms with Crippen molar-refractivity contribution in [1.82, 2.24) is 9.21 Å². The van der Waals surface area contributed by atoms with Gasteiger partial charge >= 0.3 is 6.61 Å². The number of halogens is 3. The molecular weight excluding hydrogens is 374 g/mol. The van der Waals surface area contributed by atoms with Gasteiger partial charge in [-0.3, -0.25) is 4.90 Å². The Bertz CT molecular complexity index is 717. The van der Waals surface area contributed by atoms with Crippen molar-refractivity contribution in [3.8, 4) is 5.75 Å². The van der Waals surface area contributed by atoms with E-state index < -0.39 is 16.6 Å². The maximum absolute atomic E-state index is 12.3. The predicted molar refractivity (Wildman–Crippen MR) is 91.5 cm³/mol. The van der Waals surface area contributed by atoms with Crippen LogP contribution in [0.3, 0.4) is 0 Å². The summed E-state index contributed by atoms with van der Waals surface area (Å²) in [4.78, 5) is 2.18. The molecule has 1 aromatic rings. The second-order valence-corrected chi connectivity index (χ2v) is 8.90. The van der Waals surface area contributed by atoms with E-state index in [0.29, 0.717) is 26.1 Å². The smallest absolute Gasteiger partial charge is 0.387 e. The first kappa shape index (κ1) is 18.8. The fourth-order valence-corrected chi connectivity index (χ4v) is 5.58. The third-order valence-corrected chi connectivity index (χ3v) is 6.94. The molecule has 5 nitrogen and oxygen atoms in total. The van der Waals surface area contributed by atoms with E-state index >= 15 is 0 Å². The Kier molecular flexibility index (Phi) is 5.82. The summed E-state index contributed by atoms with van der Waals surface area (Å²) in [6.45, 7) is -0.164. The first-order valence-electron chi connectivity index (χ1n) is 8.30. The van der Waals surface area contributed by atoms with Crippen molar-refractivity contribution in [3.05, 3.63) is 28.8 Å². The van der Waals surface area contributed by atoms with Crippen molar-refractivity contribution in [2.45, 2.75) is 38.5 Å². The molecule has 0 aromatic heterocycles. The second kappa shape index (κ2) is 7.73. The fourth-order valence-electron chi connectivity index (χ4n) is 3.57. The number of sulfonamides is 1. The molecule has 0 saturated carbocycles. The minimum Gasteiger partial charge on any atom is -0.433 e. The van der Waals surface area contributed by atoms with Crippen LogP contribution < -0.4 is 4.74 Å². The Labute approximate surface area is 151 Å². The van der Waals surface area contributed by atoms with Gasteiger partial charge in [-0.25, -0.2) is 8.42 Å². The largest absolute Gasteiger partial charge is 0.433 e. The Morgan fingerprint density at radius 1 is 1.28 bits per heavy atom. The van der Waals surface area contributed by atoms with Crippen LogP contribution in [0.25, 0.3) is 0 Å². The number of piperidine rings is 1. The number of hydrogen-bond donors (Lipinski definition) is 0. The third kappa shape index (κ3) is 4.61. The van der Waals surface area contributed by atoms with E-state index in [2.05, 4.69) is 9.64 Å². The van der Waals surface area contributed by atoms with E-state index in [1.165, 1.54) is 6.07 Å². The normalized spacial score (nSPS) is 24.7. The molecule has 2 fully saturated rings. The molecule has 0 amide bonds. The van der Waals surface area contributed by atoms with Crippen LogP contribution in [0, 0.1) is 0 Å². The van der Waals surface area contributed by atoms with Crippen LogP contribution in [0.4, 0.5) is 8.78 Å². The van der Waals surface area contributed by atoms with Gasteiger partial charge in [0, 0.05) is 25.7 Å². The molecule has 2 aliphatic heterocycles. The standard InChI is InChI=1S/C16H21ClF2N2O3S/c17-14-9-12(4-5-15(14)24-16(18)19)10-20-6-1-3-13(11-20)21-7-2-8-25(21,22)23/h4-5,9,13,16H,1-3,6-8,10-11H2/t13-/m0/s1. The summed E-state index contributed by atoms with van der Waals surface area (Å²) in [6, 6.07) is 4.78. The van der Waals surface area contributed by atoms with Crippen LogP contribution in [0.5, 0.6) is 5.75 Å². The lowest BCUT2D eigenvalue weighted by Gasteiger charge is -2.36. The molecule has 2 saturated heterocycles. The average molecular weight is 395 g/mol. The molecule has 0 spiro atoms. The number of rotatable bonds is 5. The molecule has 9 heteroatoms. The molecule has 0 bridgehead atoms. The maximum Gasteiger partial charge on any atom is 0.387 e. The van der Waals surface area contributed by atoms with Crippen LogP contribution in [-0.2, 0) is 16.6 Å². The van der Waals surface area contributed by atoms with Gasteiger partial charge in [0.25, 0.3) is 0 Å². The quantitative estimate of drug-likeness (QED) is 0.770. The molecule has 140 valence electrons. The molecule has 1 atom stereocenters. The van der Waals surface area contributed by atoms with Gasteiger partial charge in [-0.2, -0.15) is 13.1 Å². The lowest BCUT2D eigenvalue weighted by atomic mass is 10.0. The van der Waals surface area contributed by atoms with E-state index in [9.17, 15) is 17.2 Å². The van der Waals surface area contributed by atoms with Crippen LogP contribution in [0.15, 0.2) is 18.2 Å². The first-order chi connectivity index (χ1) is 11.8. The Morgan fingerprint density at radius 3 is 2.72 bits per heavy atom. The highest BCUT2D eigenvalue weighted by molar-refractivity contribution is 7.89. The molecule has 0 unspecified atom stereocenters. The zero-order chi connectivity index (χ0) is 18.0. The topological polar surface area (TPSA) is 49.9 Å². The maximum atomic E-state index is 12.3. The number of nitrogens with zero attached hydrogens (tertiary/aromatic N) is 2. The second-order valence-electron chi connectivity index (χ2n) is 6.45. The van der Waals surface area contributed by atoms with Crippen molar-refractivity contribution >= 4 is 21.6 Å². The van der Waals surface area contributed by atoms with Gasteiger partial charge in [-0.1, -0.05) is 17.7 Å². The van der Waals surface area contributed by atoms with Crippen molar-refractivity contribution in [1.29, 1.82) is 0 Å². The van der Waals surface area contributed by atoms with Crippen molar-refractivity contribution < 1.29 is 21.9 Å². The van der Waals surface area contributed by atoms with Crippen molar-refractivity contribution in [3.63, 3.8) is 0 Å². The van der Waals surface area contributed by atoms with Crippen molar-refractivity contribution in [2.75, 3.05) is 25.4 Å². The third-order valence-electron chi connectivity index (χ3n) is 4.64. The number of hydrogen-bond acceptors (Lipinski definition) is 4. The van der Waals surface area contributed by atoms with E-state index in [1.54, 1.807) is 16.4 Å². The van der Waals surface area contributed by atoms with Gasteiger partial charge in [0.05, 0.1) is 10.8 Å². The SMILES string of the molecule is O=S1(=O)CCCN1[C@H]1CCCN(Cc2ccc(OC(F)F)c(Cl)c2)C1. The summed E-state index contributed by atoms with van der Waals surface area (Å²) in [5.74, 6) is 0.199. The zero-order valence-corrected chi connectivity index (χ0v) is 15.3. The molecular formula is C16H21ClF2N2O3S. The van der Waals surface area contributed by atoms with E-state index in [-0.39, 0.29) is 22.6 Å². The fraction of sp³-hybridized carbons (Fsp3) is 0.625. The van der Waals surface area contributed by atoms with Gasteiger partial charge < -0.3 is 4.74 Å². The minimum atomic E-state index is -3.11. The summed E-state index contributed by atoms with van der Waals surface area (Å²) in [5.41, 5.74) is 0.886. The summed E-state index contributed by atoms with van der Waals surface area (Å²) in [5, 5.41) is 0.147. The monoisotopic (exact) mass is 394 g/mol. The number of likely N-dealkylation sites (tertiary alicyclic amines) is 1. The number of ether oxygens (including phenoxy) is 1.